The number of hydrogen-bond acceptors (Lipinski definition) is 1. The molecule has 2 rings (SSSR count). The molecule has 2 aromatic rings. The number of hydrogen-bond donors (Lipinski definition) is 1. The van der Waals surface area contributed by atoms with Crippen LogP contribution in [0, 0.1) is 0 Å². The van der Waals surface area contributed by atoms with Crippen LogP contribution in [0.5, 0.6) is 0 Å². The molecule has 0 radical (unpaired) electrons. The second kappa shape index (κ2) is 5.83. The van der Waals surface area contributed by atoms with Crippen molar-refractivity contribution < 1.29 is 0 Å². The van der Waals surface area contributed by atoms with Crippen LogP contribution in [0.25, 0.3) is 11.1 Å². The molecule has 0 aliphatic carbocycles. The Bertz CT molecular complexity index is 482. The van der Waals surface area contributed by atoms with E-state index in [1.807, 2.05) is 7.05 Å². The predicted molar refractivity (Wildman–Crippen MR) is 78.7 cm³/mol. The molecule has 0 saturated heterocycles. The second-order valence-corrected chi connectivity index (χ2v) is 4.68. The van der Waals surface area contributed by atoms with E-state index in [1.54, 1.807) is 0 Å². The van der Waals surface area contributed by atoms with Gasteiger partial charge < -0.3 is 5.32 Å². The Morgan fingerprint density at radius 3 is 1.83 bits per heavy atom. The quantitative estimate of drug-likeness (QED) is 0.843. The summed E-state index contributed by atoms with van der Waals surface area (Å²) in [5.41, 5.74) is 5.28. The molecule has 0 saturated carbocycles. The molecule has 0 spiro atoms. The van der Waals surface area contributed by atoms with Crippen molar-refractivity contribution in [2.75, 3.05) is 7.05 Å². The van der Waals surface area contributed by atoms with Gasteiger partial charge in [-0.15, -0.1) is 0 Å². The molecular weight excluding hydrogens is 218 g/mol. The van der Waals surface area contributed by atoms with Gasteiger partial charge in [-0.1, -0.05) is 55.5 Å². The van der Waals surface area contributed by atoms with Crippen LogP contribution < -0.4 is 5.32 Å². The van der Waals surface area contributed by atoms with Crippen molar-refractivity contribution in [3.8, 4) is 11.1 Å². The van der Waals surface area contributed by atoms with Gasteiger partial charge in [0.05, 0.1) is 0 Å². The molecule has 1 heteroatoms. The van der Waals surface area contributed by atoms with Crippen LogP contribution in [0.4, 0.5) is 0 Å². The highest BCUT2D eigenvalue weighted by Crippen LogP contribution is 2.22. The zero-order valence-corrected chi connectivity index (χ0v) is 11.4. The van der Waals surface area contributed by atoms with Crippen LogP contribution in [-0.4, -0.2) is 7.05 Å². The van der Waals surface area contributed by atoms with E-state index in [-0.39, 0.29) is 0 Å². The predicted octanol–water partition coefficient (Wildman–Crippen LogP) is 4.20. The monoisotopic (exact) mass is 239 g/mol. The second-order valence-electron chi connectivity index (χ2n) is 4.68. The lowest BCUT2D eigenvalue weighted by Gasteiger charge is -2.11. The molecule has 1 nitrogen and oxygen atoms in total. The minimum atomic E-state index is 0.404. The number of benzene rings is 2. The van der Waals surface area contributed by atoms with Gasteiger partial charge in [0.2, 0.25) is 0 Å². The highest BCUT2D eigenvalue weighted by molar-refractivity contribution is 5.64. The smallest absolute Gasteiger partial charge is 0.0289 e. The summed E-state index contributed by atoms with van der Waals surface area (Å²) in [5, 5.41) is 3.26. The van der Waals surface area contributed by atoms with Crippen LogP contribution >= 0.6 is 0 Å². The zero-order valence-electron chi connectivity index (χ0n) is 11.4. The van der Waals surface area contributed by atoms with E-state index in [0.29, 0.717) is 6.04 Å². The van der Waals surface area contributed by atoms with Gasteiger partial charge in [0.25, 0.3) is 0 Å². The first-order valence-corrected chi connectivity index (χ1v) is 6.61. The molecule has 18 heavy (non-hydrogen) atoms. The Kier molecular flexibility index (Phi) is 4.16. The van der Waals surface area contributed by atoms with Crippen molar-refractivity contribution in [2.45, 2.75) is 26.3 Å². The lowest BCUT2D eigenvalue weighted by Crippen LogP contribution is -2.11. The third-order valence-electron chi connectivity index (χ3n) is 3.54. The van der Waals surface area contributed by atoms with Gasteiger partial charge in [-0.3, -0.25) is 0 Å². The number of nitrogens with one attached hydrogen (secondary N) is 1. The first kappa shape index (κ1) is 12.8. The molecule has 2 aromatic carbocycles. The SMILES string of the molecule is CCc1ccc(-c2ccc(C(C)NC)cc2)cc1. The van der Waals surface area contributed by atoms with E-state index in [0.717, 1.165) is 6.42 Å². The van der Waals surface area contributed by atoms with E-state index in [9.17, 15) is 0 Å². The van der Waals surface area contributed by atoms with Gasteiger partial charge in [-0.25, -0.2) is 0 Å². The molecule has 0 bridgehead atoms. The molecule has 0 fully saturated rings. The lowest BCUT2D eigenvalue weighted by molar-refractivity contribution is 0.652. The minimum absolute atomic E-state index is 0.404. The molecule has 1 atom stereocenters. The average Bonchev–Trinajstić information content (AvgIpc) is 2.47. The molecule has 0 aliphatic heterocycles. The molecular formula is C17H21N. The van der Waals surface area contributed by atoms with Gasteiger partial charge in [-0.2, -0.15) is 0 Å². The van der Waals surface area contributed by atoms with E-state index in [4.69, 9.17) is 0 Å². The first-order chi connectivity index (χ1) is 8.74. The number of aryl methyl sites for hydroxylation is 1. The minimum Gasteiger partial charge on any atom is -0.313 e. The van der Waals surface area contributed by atoms with Gasteiger partial charge in [0.1, 0.15) is 0 Å². The Balaban J connectivity index is 2.22. The van der Waals surface area contributed by atoms with E-state index < -0.39 is 0 Å². The fraction of sp³-hybridized carbons (Fsp3) is 0.294. The van der Waals surface area contributed by atoms with E-state index >= 15 is 0 Å². The standard InChI is InChI=1S/C17H21N/c1-4-14-5-7-16(8-6-14)17-11-9-15(10-12-17)13(2)18-3/h5-13,18H,4H2,1-3H3. The molecule has 0 aliphatic rings. The van der Waals surface area contributed by atoms with Crippen molar-refractivity contribution >= 4 is 0 Å². The molecule has 0 heterocycles. The highest BCUT2D eigenvalue weighted by atomic mass is 14.8. The van der Waals surface area contributed by atoms with Crippen molar-refractivity contribution in [2.24, 2.45) is 0 Å². The largest absolute Gasteiger partial charge is 0.313 e. The molecule has 1 unspecified atom stereocenters. The lowest BCUT2D eigenvalue weighted by atomic mass is 10.00. The molecule has 0 amide bonds. The summed E-state index contributed by atoms with van der Waals surface area (Å²) in [5.74, 6) is 0. The summed E-state index contributed by atoms with van der Waals surface area (Å²) in [7, 11) is 1.99. The van der Waals surface area contributed by atoms with Crippen molar-refractivity contribution in [1.29, 1.82) is 0 Å². The summed E-state index contributed by atoms with van der Waals surface area (Å²) in [4.78, 5) is 0. The fourth-order valence-corrected chi connectivity index (χ4v) is 2.06. The van der Waals surface area contributed by atoms with Crippen LogP contribution in [0.3, 0.4) is 0 Å². The summed E-state index contributed by atoms with van der Waals surface area (Å²) in [6, 6.07) is 18.0. The third kappa shape index (κ3) is 2.80. The maximum atomic E-state index is 3.26. The molecule has 0 aromatic heterocycles. The van der Waals surface area contributed by atoms with E-state index in [2.05, 4.69) is 67.7 Å². The Hall–Kier alpha value is -1.60. The van der Waals surface area contributed by atoms with Crippen molar-refractivity contribution in [3.63, 3.8) is 0 Å². The van der Waals surface area contributed by atoms with Crippen LogP contribution in [0.2, 0.25) is 0 Å². The van der Waals surface area contributed by atoms with Crippen molar-refractivity contribution in [1.82, 2.24) is 5.32 Å². The highest BCUT2D eigenvalue weighted by Gasteiger charge is 2.03. The average molecular weight is 239 g/mol. The van der Waals surface area contributed by atoms with Gasteiger partial charge >= 0.3 is 0 Å². The maximum absolute atomic E-state index is 3.26. The molecule has 94 valence electrons. The summed E-state index contributed by atoms with van der Waals surface area (Å²) in [6.45, 7) is 4.36. The van der Waals surface area contributed by atoms with Gasteiger partial charge in [-0.05, 0) is 42.6 Å². The maximum Gasteiger partial charge on any atom is 0.0289 e. The van der Waals surface area contributed by atoms with Crippen LogP contribution in [0.15, 0.2) is 48.5 Å². The van der Waals surface area contributed by atoms with Gasteiger partial charge in [0.15, 0.2) is 0 Å². The molecule has 1 N–H and O–H groups in total. The Morgan fingerprint density at radius 2 is 1.39 bits per heavy atom. The van der Waals surface area contributed by atoms with Gasteiger partial charge in [0, 0.05) is 6.04 Å². The Morgan fingerprint density at radius 1 is 0.889 bits per heavy atom. The van der Waals surface area contributed by atoms with Crippen LogP contribution in [0.1, 0.15) is 31.0 Å². The first-order valence-electron chi connectivity index (χ1n) is 6.61. The third-order valence-corrected chi connectivity index (χ3v) is 3.54. The summed E-state index contributed by atoms with van der Waals surface area (Å²) < 4.78 is 0. The van der Waals surface area contributed by atoms with E-state index in [1.165, 1.54) is 22.3 Å². The summed E-state index contributed by atoms with van der Waals surface area (Å²) >= 11 is 0. The number of rotatable bonds is 4. The fourth-order valence-electron chi connectivity index (χ4n) is 2.06. The zero-order chi connectivity index (χ0) is 13.0. The summed E-state index contributed by atoms with van der Waals surface area (Å²) in [6.07, 6.45) is 1.10. The normalized spacial score (nSPS) is 12.4. The Labute approximate surface area is 110 Å². The van der Waals surface area contributed by atoms with Crippen molar-refractivity contribution in [3.05, 3.63) is 59.7 Å². The topological polar surface area (TPSA) is 12.0 Å². The van der Waals surface area contributed by atoms with Crippen LogP contribution in [-0.2, 0) is 6.42 Å².